The van der Waals surface area contributed by atoms with Crippen molar-refractivity contribution >= 4 is 0 Å². The summed E-state index contributed by atoms with van der Waals surface area (Å²) in [7, 11) is 0. The van der Waals surface area contributed by atoms with Crippen molar-refractivity contribution in [2.24, 2.45) is 0 Å². The van der Waals surface area contributed by atoms with Crippen molar-refractivity contribution in [3.05, 3.63) is 29.6 Å². The topological polar surface area (TPSA) is 52.5 Å². The minimum atomic E-state index is -0.574. The predicted molar refractivity (Wildman–Crippen MR) is 58.6 cm³/mol. The second-order valence-electron chi connectivity index (χ2n) is 4.50. The van der Waals surface area contributed by atoms with Gasteiger partial charge in [0.25, 0.3) is 0 Å². The van der Waals surface area contributed by atoms with E-state index in [1.165, 1.54) is 12.1 Å². The average Bonchev–Trinajstić information content (AvgIpc) is 2.13. The van der Waals surface area contributed by atoms with Gasteiger partial charge in [0.1, 0.15) is 11.6 Å². The fourth-order valence-electron chi connectivity index (χ4n) is 1.94. The van der Waals surface area contributed by atoms with Gasteiger partial charge in [0.05, 0.1) is 5.60 Å². The van der Waals surface area contributed by atoms with Crippen LogP contribution in [-0.2, 0) is 6.54 Å². The summed E-state index contributed by atoms with van der Waals surface area (Å²) in [4.78, 5) is 0. The Bertz CT molecular complexity index is 357. The number of aliphatic hydroxyl groups is 1. The lowest BCUT2D eigenvalue weighted by Crippen LogP contribution is -2.45. The number of aromatic hydroxyl groups is 1. The Morgan fingerprint density at radius 1 is 1.31 bits per heavy atom. The summed E-state index contributed by atoms with van der Waals surface area (Å²) in [6, 6.07) is 3.96. The van der Waals surface area contributed by atoms with Crippen molar-refractivity contribution in [1.82, 2.24) is 5.32 Å². The third-order valence-corrected chi connectivity index (χ3v) is 3.01. The molecule has 1 aliphatic rings. The maximum absolute atomic E-state index is 12.9. The van der Waals surface area contributed by atoms with Gasteiger partial charge in [-0.25, -0.2) is 4.39 Å². The van der Waals surface area contributed by atoms with E-state index < -0.39 is 11.4 Å². The van der Waals surface area contributed by atoms with Crippen LogP contribution in [0.1, 0.15) is 24.8 Å². The average molecular weight is 225 g/mol. The predicted octanol–water partition coefficient (Wildman–Crippen LogP) is 1.54. The lowest BCUT2D eigenvalue weighted by Gasteiger charge is -2.36. The van der Waals surface area contributed by atoms with Crippen LogP contribution >= 0.6 is 0 Å². The van der Waals surface area contributed by atoms with Crippen LogP contribution in [0.15, 0.2) is 18.2 Å². The lowest BCUT2D eigenvalue weighted by molar-refractivity contribution is -0.0314. The number of hydrogen-bond donors (Lipinski definition) is 3. The monoisotopic (exact) mass is 225 g/mol. The van der Waals surface area contributed by atoms with Gasteiger partial charge in [-0.15, -0.1) is 0 Å². The minimum absolute atomic E-state index is 0.0702. The first-order chi connectivity index (χ1) is 7.57. The van der Waals surface area contributed by atoms with E-state index in [1.807, 2.05) is 0 Å². The van der Waals surface area contributed by atoms with Crippen molar-refractivity contribution in [3.8, 4) is 5.75 Å². The highest BCUT2D eigenvalue weighted by Crippen LogP contribution is 2.30. The van der Waals surface area contributed by atoms with E-state index in [0.717, 1.165) is 25.3 Å². The first-order valence-electron chi connectivity index (χ1n) is 5.49. The summed E-state index contributed by atoms with van der Waals surface area (Å²) in [5.41, 5.74) is 0.107. The molecule has 1 saturated carbocycles. The molecule has 3 nitrogen and oxygen atoms in total. The molecule has 1 fully saturated rings. The summed E-state index contributed by atoms with van der Waals surface area (Å²) in [5, 5.41) is 22.1. The molecular formula is C12H16FNO2. The Kier molecular flexibility index (Phi) is 3.12. The smallest absolute Gasteiger partial charge is 0.127 e. The Morgan fingerprint density at radius 2 is 2.06 bits per heavy atom. The third kappa shape index (κ3) is 2.71. The second kappa shape index (κ2) is 4.39. The fourth-order valence-corrected chi connectivity index (χ4v) is 1.94. The van der Waals surface area contributed by atoms with Gasteiger partial charge in [-0.05, 0) is 37.0 Å². The molecular weight excluding hydrogens is 209 g/mol. The van der Waals surface area contributed by atoms with Crippen molar-refractivity contribution in [2.45, 2.75) is 31.4 Å². The van der Waals surface area contributed by atoms with Crippen LogP contribution in [0.2, 0.25) is 0 Å². The van der Waals surface area contributed by atoms with Crippen LogP contribution in [0, 0.1) is 5.82 Å². The Morgan fingerprint density at radius 3 is 2.62 bits per heavy atom. The molecule has 1 aromatic carbocycles. The van der Waals surface area contributed by atoms with Gasteiger partial charge in [0.15, 0.2) is 0 Å². The van der Waals surface area contributed by atoms with Crippen molar-refractivity contribution in [1.29, 1.82) is 0 Å². The molecule has 1 aliphatic carbocycles. The van der Waals surface area contributed by atoms with Gasteiger partial charge in [-0.3, -0.25) is 0 Å². The Labute approximate surface area is 93.9 Å². The minimum Gasteiger partial charge on any atom is -0.508 e. The molecule has 2 rings (SSSR count). The highest BCUT2D eigenvalue weighted by Gasteiger charge is 2.33. The first kappa shape index (κ1) is 11.4. The highest BCUT2D eigenvalue weighted by molar-refractivity contribution is 5.28. The molecule has 3 N–H and O–H groups in total. The molecule has 1 aromatic rings. The molecule has 0 spiro atoms. The van der Waals surface area contributed by atoms with Crippen molar-refractivity contribution in [3.63, 3.8) is 0 Å². The molecule has 0 saturated heterocycles. The maximum Gasteiger partial charge on any atom is 0.127 e. The first-order valence-corrected chi connectivity index (χ1v) is 5.49. The quantitative estimate of drug-likeness (QED) is 0.728. The molecule has 0 atom stereocenters. The molecule has 0 radical (unpaired) electrons. The molecule has 0 aliphatic heterocycles. The number of phenolic OH excluding ortho intramolecular Hbond substituents is 1. The standard InChI is InChI=1S/C12H16FNO2/c13-10-4-9(5-11(15)6-10)7-14-8-12(16)2-1-3-12/h4-6,14-16H,1-3,7-8H2. The molecule has 0 bridgehead atoms. The van der Waals surface area contributed by atoms with Gasteiger partial charge in [-0.1, -0.05) is 0 Å². The van der Waals surface area contributed by atoms with Crippen LogP contribution in [0.4, 0.5) is 4.39 Å². The van der Waals surface area contributed by atoms with Crippen LogP contribution in [0.3, 0.4) is 0 Å². The summed E-state index contributed by atoms with van der Waals surface area (Å²) >= 11 is 0. The van der Waals surface area contributed by atoms with Gasteiger partial charge in [-0.2, -0.15) is 0 Å². The summed E-state index contributed by atoms with van der Waals surface area (Å²) in [6.45, 7) is 0.970. The second-order valence-corrected chi connectivity index (χ2v) is 4.50. The van der Waals surface area contributed by atoms with Gasteiger partial charge >= 0.3 is 0 Å². The number of rotatable bonds is 4. The molecule has 0 heterocycles. The van der Waals surface area contributed by atoms with Crippen molar-refractivity contribution < 1.29 is 14.6 Å². The number of nitrogens with one attached hydrogen (secondary N) is 1. The maximum atomic E-state index is 12.9. The zero-order valence-electron chi connectivity index (χ0n) is 9.04. The number of phenols is 1. The van der Waals surface area contributed by atoms with Crippen LogP contribution < -0.4 is 5.32 Å². The zero-order chi connectivity index (χ0) is 11.6. The molecule has 4 heteroatoms. The zero-order valence-corrected chi connectivity index (χ0v) is 9.04. The van der Waals surface area contributed by atoms with Crippen LogP contribution in [0.25, 0.3) is 0 Å². The SMILES string of the molecule is Oc1cc(F)cc(CNCC2(O)CCC2)c1. The van der Waals surface area contributed by atoms with Gasteiger partial charge in [0.2, 0.25) is 0 Å². The number of benzene rings is 1. The molecule has 0 unspecified atom stereocenters. The van der Waals surface area contributed by atoms with Gasteiger partial charge < -0.3 is 15.5 Å². The van der Waals surface area contributed by atoms with E-state index in [2.05, 4.69) is 5.32 Å². The summed E-state index contributed by atoms with van der Waals surface area (Å²) < 4.78 is 12.9. The molecule has 0 aromatic heterocycles. The number of hydrogen-bond acceptors (Lipinski definition) is 3. The summed E-state index contributed by atoms with van der Waals surface area (Å²) in [6.07, 6.45) is 2.72. The van der Waals surface area contributed by atoms with E-state index in [-0.39, 0.29) is 5.75 Å². The third-order valence-electron chi connectivity index (χ3n) is 3.01. The van der Waals surface area contributed by atoms with Crippen LogP contribution in [0.5, 0.6) is 5.75 Å². The van der Waals surface area contributed by atoms with E-state index >= 15 is 0 Å². The van der Waals surface area contributed by atoms with E-state index in [1.54, 1.807) is 0 Å². The largest absolute Gasteiger partial charge is 0.508 e. The Hall–Kier alpha value is -1.13. The Balaban J connectivity index is 1.84. The van der Waals surface area contributed by atoms with Gasteiger partial charge in [0, 0.05) is 19.2 Å². The lowest BCUT2D eigenvalue weighted by atomic mass is 9.80. The van der Waals surface area contributed by atoms with Crippen molar-refractivity contribution in [2.75, 3.05) is 6.54 Å². The van der Waals surface area contributed by atoms with E-state index in [0.29, 0.717) is 18.7 Å². The van der Waals surface area contributed by atoms with E-state index in [4.69, 9.17) is 0 Å². The normalized spacial score (nSPS) is 18.1. The molecule has 88 valence electrons. The highest BCUT2D eigenvalue weighted by atomic mass is 19.1. The summed E-state index contributed by atoms with van der Waals surface area (Å²) in [5.74, 6) is -0.515. The fraction of sp³-hybridized carbons (Fsp3) is 0.500. The molecule has 16 heavy (non-hydrogen) atoms. The van der Waals surface area contributed by atoms with E-state index in [9.17, 15) is 14.6 Å². The molecule has 0 amide bonds. The van der Waals surface area contributed by atoms with Crippen LogP contribution in [-0.4, -0.2) is 22.4 Å². The number of halogens is 1.